The Morgan fingerprint density at radius 2 is 1.52 bits per heavy atom. The van der Waals surface area contributed by atoms with E-state index < -0.39 is 11.3 Å². The maximum absolute atomic E-state index is 11.4. The number of benzene rings is 2. The van der Waals surface area contributed by atoms with Crippen molar-refractivity contribution in [2.75, 3.05) is 0 Å². The molecule has 144 valence electrons. The second-order valence-electron chi connectivity index (χ2n) is 9.50. The predicted molar refractivity (Wildman–Crippen MR) is 108 cm³/mol. The Bertz CT molecular complexity index is 742. The summed E-state index contributed by atoms with van der Waals surface area (Å²) in [7, 11) is 0. The van der Waals surface area contributed by atoms with Crippen LogP contribution < -0.4 is 0 Å². The van der Waals surface area contributed by atoms with Crippen molar-refractivity contribution in [1.29, 1.82) is 0 Å². The van der Waals surface area contributed by atoms with Gasteiger partial charge in [-0.25, -0.2) is 0 Å². The SMILES string of the molecule is CC(C)(C)[C@@H]1CC[C@]2(ON2C(c2ccccc2)c2ccccc2)[C@](C)(O)C1. The maximum Gasteiger partial charge on any atom is 0.194 e. The third-order valence-corrected chi connectivity index (χ3v) is 6.58. The fourth-order valence-corrected chi connectivity index (χ4v) is 4.75. The van der Waals surface area contributed by atoms with Gasteiger partial charge >= 0.3 is 0 Å². The molecule has 2 fully saturated rings. The van der Waals surface area contributed by atoms with Gasteiger partial charge in [0.25, 0.3) is 0 Å². The fourth-order valence-electron chi connectivity index (χ4n) is 4.75. The predicted octanol–water partition coefficient (Wildman–Crippen LogP) is 5.32. The molecule has 2 aromatic rings. The van der Waals surface area contributed by atoms with E-state index in [1.807, 2.05) is 19.1 Å². The van der Waals surface area contributed by atoms with Crippen LogP contribution in [0, 0.1) is 11.3 Å². The first kappa shape index (κ1) is 18.7. The average molecular weight is 366 g/mol. The molecule has 1 aliphatic carbocycles. The van der Waals surface area contributed by atoms with Gasteiger partial charge in [-0.1, -0.05) is 81.4 Å². The second-order valence-corrected chi connectivity index (χ2v) is 9.50. The number of aliphatic hydroxyl groups is 1. The quantitative estimate of drug-likeness (QED) is 0.748. The molecule has 1 aliphatic heterocycles. The Labute approximate surface area is 162 Å². The van der Waals surface area contributed by atoms with E-state index in [0.717, 1.165) is 19.3 Å². The molecular formula is C24H31NO2. The van der Waals surface area contributed by atoms with Crippen LogP contribution in [0.5, 0.6) is 0 Å². The Morgan fingerprint density at radius 3 is 1.96 bits per heavy atom. The largest absolute Gasteiger partial charge is 0.386 e. The van der Waals surface area contributed by atoms with Crippen LogP contribution in [0.25, 0.3) is 0 Å². The molecule has 0 amide bonds. The number of hydrogen-bond donors (Lipinski definition) is 1. The zero-order chi connectivity index (χ0) is 19.3. The van der Waals surface area contributed by atoms with Crippen LogP contribution in [0.3, 0.4) is 0 Å². The smallest absolute Gasteiger partial charge is 0.194 e. The molecule has 1 saturated carbocycles. The molecule has 1 saturated heterocycles. The molecule has 4 rings (SSSR count). The molecular weight excluding hydrogens is 334 g/mol. The van der Waals surface area contributed by atoms with Gasteiger partial charge < -0.3 is 5.11 Å². The number of rotatable bonds is 3. The number of nitrogens with zero attached hydrogens (tertiary/aromatic N) is 1. The first-order valence-electron chi connectivity index (χ1n) is 10.1. The van der Waals surface area contributed by atoms with Gasteiger partial charge in [-0.15, -0.1) is 5.06 Å². The lowest BCUT2D eigenvalue weighted by atomic mass is 9.65. The van der Waals surface area contributed by atoms with Crippen molar-refractivity contribution in [3.63, 3.8) is 0 Å². The second kappa shape index (κ2) is 6.44. The molecule has 0 aromatic heterocycles. The highest BCUT2D eigenvalue weighted by Gasteiger charge is 2.70. The first-order valence-corrected chi connectivity index (χ1v) is 10.1. The van der Waals surface area contributed by atoms with Gasteiger partial charge in [0, 0.05) is 0 Å². The zero-order valence-electron chi connectivity index (χ0n) is 16.9. The molecule has 3 heteroatoms. The van der Waals surface area contributed by atoms with Crippen molar-refractivity contribution < 1.29 is 9.94 Å². The summed E-state index contributed by atoms with van der Waals surface area (Å²) >= 11 is 0. The Morgan fingerprint density at radius 1 is 1.00 bits per heavy atom. The highest BCUT2D eigenvalue weighted by Crippen LogP contribution is 2.60. The van der Waals surface area contributed by atoms with E-state index in [1.54, 1.807) is 0 Å². The van der Waals surface area contributed by atoms with Crippen molar-refractivity contribution in [3.05, 3.63) is 71.8 Å². The van der Waals surface area contributed by atoms with Crippen molar-refractivity contribution in [2.24, 2.45) is 11.3 Å². The molecule has 0 bridgehead atoms. The fraction of sp³-hybridized carbons (Fsp3) is 0.500. The van der Waals surface area contributed by atoms with Crippen LogP contribution in [0.2, 0.25) is 0 Å². The van der Waals surface area contributed by atoms with Crippen LogP contribution in [-0.4, -0.2) is 21.5 Å². The minimum atomic E-state index is -0.870. The van der Waals surface area contributed by atoms with Crippen LogP contribution in [0.15, 0.2) is 60.7 Å². The average Bonchev–Trinajstić information content (AvgIpc) is 3.34. The van der Waals surface area contributed by atoms with Crippen LogP contribution in [0.4, 0.5) is 0 Å². The van der Waals surface area contributed by atoms with Crippen LogP contribution in [-0.2, 0) is 4.84 Å². The monoisotopic (exact) mass is 365 g/mol. The van der Waals surface area contributed by atoms with Gasteiger partial charge in [0.1, 0.15) is 5.60 Å². The molecule has 2 aromatic carbocycles. The topological polar surface area (TPSA) is 35.8 Å². The third-order valence-electron chi connectivity index (χ3n) is 6.58. The standard InChI is InChI=1S/C24H31NO2/c1-22(2,3)20-15-16-24(23(4,26)17-20)25(27-24)21(18-11-7-5-8-12-18)19-13-9-6-10-14-19/h5-14,20-21,26H,15-17H2,1-4H3/t20-,23-,24+,25?/m1/s1. The molecule has 1 N–H and O–H groups in total. The normalized spacial score (nSPS) is 33.4. The van der Waals surface area contributed by atoms with Crippen molar-refractivity contribution in [2.45, 2.75) is 64.3 Å². The minimum Gasteiger partial charge on any atom is -0.386 e. The van der Waals surface area contributed by atoms with Gasteiger partial charge in [0.2, 0.25) is 0 Å². The summed E-state index contributed by atoms with van der Waals surface area (Å²) in [5.41, 5.74) is 1.11. The highest BCUT2D eigenvalue weighted by atomic mass is 16.9. The summed E-state index contributed by atoms with van der Waals surface area (Å²) in [5, 5.41) is 13.5. The minimum absolute atomic E-state index is 0.00920. The third kappa shape index (κ3) is 3.22. The van der Waals surface area contributed by atoms with E-state index in [9.17, 15) is 5.11 Å². The van der Waals surface area contributed by atoms with Gasteiger partial charge in [0.15, 0.2) is 5.72 Å². The van der Waals surface area contributed by atoms with Gasteiger partial charge in [-0.2, -0.15) is 0 Å². The Hall–Kier alpha value is -1.68. The van der Waals surface area contributed by atoms with Crippen LogP contribution in [0.1, 0.15) is 64.1 Å². The molecule has 1 heterocycles. The van der Waals surface area contributed by atoms with E-state index in [0.29, 0.717) is 5.92 Å². The molecule has 3 nitrogen and oxygen atoms in total. The van der Waals surface area contributed by atoms with Crippen LogP contribution >= 0.6 is 0 Å². The number of hydrogen-bond acceptors (Lipinski definition) is 3. The molecule has 1 spiro atoms. The Kier molecular flexibility index (Phi) is 4.45. The molecule has 1 unspecified atom stereocenters. The van der Waals surface area contributed by atoms with Gasteiger partial charge in [-0.05, 0) is 48.6 Å². The van der Waals surface area contributed by atoms with E-state index >= 15 is 0 Å². The maximum atomic E-state index is 11.4. The lowest BCUT2D eigenvalue weighted by molar-refractivity contribution is -0.0872. The molecule has 27 heavy (non-hydrogen) atoms. The highest BCUT2D eigenvalue weighted by molar-refractivity contribution is 5.33. The lowest BCUT2D eigenvalue weighted by Crippen LogP contribution is -2.52. The van der Waals surface area contributed by atoms with Crippen molar-refractivity contribution >= 4 is 0 Å². The van der Waals surface area contributed by atoms with Crippen molar-refractivity contribution in [1.82, 2.24) is 5.06 Å². The molecule has 0 radical (unpaired) electrons. The van der Waals surface area contributed by atoms with Gasteiger partial charge in [-0.3, -0.25) is 4.84 Å². The van der Waals surface area contributed by atoms with E-state index in [4.69, 9.17) is 4.84 Å². The summed E-state index contributed by atoms with van der Waals surface area (Å²) in [5.74, 6) is 0.496. The summed E-state index contributed by atoms with van der Waals surface area (Å²) in [4.78, 5) is 6.28. The van der Waals surface area contributed by atoms with Gasteiger partial charge in [0.05, 0.1) is 6.04 Å². The summed E-state index contributed by atoms with van der Waals surface area (Å²) in [6.07, 6.45) is 2.70. The summed E-state index contributed by atoms with van der Waals surface area (Å²) < 4.78 is 0. The Balaban J connectivity index is 1.67. The van der Waals surface area contributed by atoms with E-state index in [1.165, 1.54) is 11.1 Å². The molecule has 2 aliphatic rings. The summed E-state index contributed by atoms with van der Waals surface area (Å²) in [6.45, 7) is 8.77. The number of hydroxylamine groups is 2. The van der Waals surface area contributed by atoms with Crippen molar-refractivity contribution in [3.8, 4) is 0 Å². The lowest BCUT2D eigenvalue weighted by Gasteiger charge is -2.44. The molecule has 4 atom stereocenters. The zero-order valence-corrected chi connectivity index (χ0v) is 16.9. The van der Waals surface area contributed by atoms with E-state index in [-0.39, 0.29) is 11.5 Å². The first-order chi connectivity index (χ1) is 12.7. The van der Waals surface area contributed by atoms with E-state index in [2.05, 4.69) is 74.4 Å². The summed E-state index contributed by atoms with van der Waals surface area (Å²) in [6, 6.07) is 20.9.